The number of amides is 1. The first-order valence-electron chi connectivity index (χ1n) is 4.46. The zero-order valence-corrected chi connectivity index (χ0v) is 9.81. The molecule has 0 saturated carbocycles. The van der Waals surface area contributed by atoms with Crippen LogP contribution in [0.5, 0.6) is 0 Å². The quantitative estimate of drug-likeness (QED) is 0.664. The van der Waals surface area contributed by atoms with E-state index >= 15 is 0 Å². The highest BCUT2D eigenvalue weighted by atomic mass is 35.5. The molecule has 0 fully saturated rings. The predicted octanol–water partition coefficient (Wildman–Crippen LogP) is 3.57. The van der Waals surface area contributed by atoms with E-state index in [-0.39, 0.29) is 6.61 Å². The summed E-state index contributed by atoms with van der Waals surface area (Å²) in [6, 6.07) is 4.74. The Hall–Kier alpha value is -1.37. The Labute approximate surface area is 104 Å². The molecule has 1 amide bonds. The Morgan fingerprint density at radius 1 is 1.44 bits per heavy atom. The molecule has 0 bridgehead atoms. The molecular formula is C11H9Cl2NO2. The van der Waals surface area contributed by atoms with Crippen LogP contribution in [0.3, 0.4) is 0 Å². The summed E-state index contributed by atoms with van der Waals surface area (Å²) in [6.07, 6.45) is 4.82. The van der Waals surface area contributed by atoms with Gasteiger partial charge in [-0.15, -0.1) is 12.3 Å². The zero-order chi connectivity index (χ0) is 12.0. The highest BCUT2D eigenvalue weighted by Gasteiger charge is 2.04. The van der Waals surface area contributed by atoms with Gasteiger partial charge in [-0.3, -0.25) is 5.32 Å². The molecule has 1 aromatic rings. The number of carbonyl (C=O) groups is 1. The van der Waals surface area contributed by atoms with E-state index in [1.165, 1.54) is 6.07 Å². The number of nitrogens with one attached hydrogen (secondary N) is 1. The zero-order valence-electron chi connectivity index (χ0n) is 8.30. The second kappa shape index (κ2) is 6.26. The van der Waals surface area contributed by atoms with Crippen LogP contribution in [0.2, 0.25) is 10.0 Å². The van der Waals surface area contributed by atoms with E-state index in [4.69, 9.17) is 34.4 Å². The molecule has 1 N–H and O–H groups in total. The smallest absolute Gasteiger partial charge is 0.411 e. The maximum absolute atomic E-state index is 11.2. The molecule has 0 radical (unpaired) electrons. The second-order valence-corrected chi connectivity index (χ2v) is 3.66. The molecule has 0 saturated heterocycles. The van der Waals surface area contributed by atoms with Crippen LogP contribution < -0.4 is 5.32 Å². The van der Waals surface area contributed by atoms with E-state index in [1.807, 2.05) is 0 Å². The van der Waals surface area contributed by atoms with Crippen molar-refractivity contribution in [2.75, 3.05) is 11.9 Å². The molecule has 0 atom stereocenters. The normalized spacial score (nSPS) is 9.31. The number of rotatable bonds is 3. The van der Waals surface area contributed by atoms with Gasteiger partial charge >= 0.3 is 6.09 Å². The van der Waals surface area contributed by atoms with E-state index in [9.17, 15) is 4.79 Å². The van der Waals surface area contributed by atoms with Crippen molar-refractivity contribution in [3.63, 3.8) is 0 Å². The number of anilines is 1. The summed E-state index contributed by atoms with van der Waals surface area (Å²) in [7, 11) is 0. The Balaban J connectivity index is 2.50. The molecule has 0 heterocycles. The molecule has 0 aliphatic heterocycles. The topological polar surface area (TPSA) is 38.3 Å². The van der Waals surface area contributed by atoms with Gasteiger partial charge in [-0.05, 0) is 18.2 Å². The van der Waals surface area contributed by atoms with Gasteiger partial charge in [-0.2, -0.15) is 0 Å². The van der Waals surface area contributed by atoms with Gasteiger partial charge in [0.2, 0.25) is 0 Å². The van der Waals surface area contributed by atoms with Crippen LogP contribution in [0.1, 0.15) is 6.42 Å². The highest BCUT2D eigenvalue weighted by molar-refractivity contribution is 6.42. The minimum atomic E-state index is -0.575. The van der Waals surface area contributed by atoms with Gasteiger partial charge in [0.05, 0.1) is 10.0 Å². The fourth-order valence-electron chi connectivity index (χ4n) is 0.930. The standard InChI is InChI=1S/C11H9Cl2NO2/c1-2-3-6-16-11(15)14-8-4-5-9(12)10(13)7-8/h1,4-5,7H,3,6H2,(H,14,15). The highest BCUT2D eigenvalue weighted by Crippen LogP contribution is 2.24. The van der Waals surface area contributed by atoms with Crippen molar-refractivity contribution < 1.29 is 9.53 Å². The molecule has 0 spiro atoms. The lowest BCUT2D eigenvalue weighted by Gasteiger charge is -2.06. The van der Waals surface area contributed by atoms with Crippen molar-refractivity contribution in [1.82, 2.24) is 0 Å². The average molecular weight is 258 g/mol. The predicted molar refractivity (Wildman–Crippen MR) is 64.9 cm³/mol. The van der Waals surface area contributed by atoms with Crippen LogP contribution in [-0.2, 0) is 4.74 Å². The van der Waals surface area contributed by atoms with Gasteiger partial charge in [-0.1, -0.05) is 23.2 Å². The lowest BCUT2D eigenvalue weighted by Crippen LogP contribution is -2.14. The average Bonchev–Trinajstić information content (AvgIpc) is 2.24. The minimum absolute atomic E-state index is 0.184. The number of hydrogen-bond acceptors (Lipinski definition) is 2. The van der Waals surface area contributed by atoms with Crippen LogP contribution >= 0.6 is 23.2 Å². The third-order valence-electron chi connectivity index (χ3n) is 1.65. The largest absolute Gasteiger partial charge is 0.448 e. The van der Waals surface area contributed by atoms with E-state index < -0.39 is 6.09 Å². The number of benzene rings is 1. The van der Waals surface area contributed by atoms with Gasteiger partial charge in [0.15, 0.2) is 0 Å². The number of hydrogen-bond donors (Lipinski definition) is 1. The second-order valence-electron chi connectivity index (χ2n) is 2.84. The molecule has 5 heteroatoms. The van der Waals surface area contributed by atoms with Gasteiger partial charge in [0.1, 0.15) is 6.61 Å². The van der Waals surface area contributed by atoms with E-state index in [0.717, 1.165) is 0 Å². The fourth-order valence-corrected chi connectivity index (χ4v) is 1.23. The molecule has 3 nitrogen and oxygen atoms in total. The number of ether oxygens (including phenoxy) is 1. The Morgan fingerprint density at radius 3 is 2.81 bits per heavy atom. The van der Waals surface area contributed by atoms with Crippen molar-refractivity contribution in [3.8, 4) is 12.3 Å². The first kappa shape index (κ1) is 12.7. The van der Waals surface area contributed by atoms with Crippen molar-refractivity contribution in [3.05, 3.63) is 28.2 Å². The molecule has 16 heavy (non-hydrogen) atoms. The Bertz CT molecular complexity index is 426. The maximum Gasteiger partial charge on any atom is 0.411 e. The lowest BCUT2D eigenvalue weighted by atomic mass is 10.3. The summed E-state index contributed by atoms with van der Waals surface area (Å²) in [5.74, 6) is 2.36. The van der Waals surface area contributed by atoms with Crippen molar-refractivity contribution in [2.24, 2.45) is 0 Å². The van der Waals surface area contributed by atoms with Crippen molar-refractivity contribution >= 4 is 35.0 Å². The van der Waals surface area contributed by atoms with Crippen molar-refractivity contribution in [1.29, 1.82) is 0 Å². The van der Waals surface area contributed by atoms with E-state index in [2.05, 4.69) is 11.2 Å². The summed E-state index contributed by atoms with van der Waals surface area (Å²) < 4.78 is 4.79. The number of halogens is 2. The Kier molecular flexibility index (Phi) is 4.97. The summed E-state index contributed by atoms with van der Waals surface area (Å²) in [5.41, 5.74) is 0.514. The van der Waals surface area contributed by atoms with Crippen LogP contribution in [0.25, 0.3) is 0 Å². The molecule has 0 aliphatic rings. The van der Waals surface area contributed by atoms with Crippen LogP contribution in [0.4, 0.5) is 10.5 Å². The molecule has 0 unspecified atom stereocenters. The third-order valence-corrected chi connectivity index (χ3v) is 2.38. The third kappa shape index (κ3) is 4.01. The minimum Gasteiger partial charge on any atom is -0.448 e. The van der Waals surface area contributed by atoms with E-state index in [1.54, 1.807) is 12.1 Å². The SMILES string of the molecule is C#CCCOC(=O)Nc1ccc(Cl)c(Cl)c1. The molecule has 0 aliphatic carbocycles. The lowest BCUT2D eigenvalue weighted by molar-refractivity contribution is 0.164. The molecule has 0 aromatic heterocycles. The summed E-state index contributed by atoms with van der Waals surface area (Å²) in [4.78, 5) is 11.2. The number of terminal acetylenes is 1. The summed E-state index contributed by atoms with van der Waals surface area (Å²) >= 11 is 11.5. The van der Waals surface area contributed by atoms with Gasteiger partial charge in [0, 0.05) is 12.1 Å². The van der Waals surface area contributed by atoms with Crippen molar-refractivity contribution in [2.45, 2.75) is 6.42 Å². The summed E-state index contributed by atoms with van der Waals surface area (Å²) in [5, 5.41) is 3.28. The first-order valence-corrected chi connectivity index (χ1v) is 5.21. The van der Waals surface area contributed by atoms with Gasteiger partial charge < -0.3 is 4.74 Å². The first-order chi connectivity index (χ1) is 7.63. The van der Waals surface area contributed by atoms with Gasteiger partial charge in [-0.25, -0.2) is 4.79 Å². The van der Waals surface area contributed by atoms with Crippen LogP contribution in [0, 0.1) is 12.3 Å². The molecule has 1 rings (SSSR count). The van der Waals surface area contributed by atoms with Gasteiger partial charge in [0.25, 0.3) is 0 Å². The molecule has 84 valence electrons. The molecule has 1 aromatic carbocycles. The van der Waals surface area contributed by atoms with E-state index in [0.29, 0.717) is 22.2 Å². The maximum atomic E-state index is 11.2. The number of carbonyl (C=O) groups excluding carboxylic acids is 1. The summed E-state index contributed by atoms with van der Waals surface area (Å²) in [6.45, 7) is 0.184. The Morgan fingerprint density at radius 2 is 2.19 bits per heavy atom. The molecular weight excluding hydrogens is 249 g/mol. The fraction of sp³-hybridized carbons (Fsp3) is 0.182. The monoisotopic (exact) mass is 257 g/mol. The van der Waals surface area contributed by atoms with Crippen LogP contribution in [0.15, 0.2) is 18.2 Å². The van der Waals surface area contributed by atoms with Crippen LogP contribution in [-0.4, -0.2) is 12.7 Å².